The van der Waals surface area contributed by atoms with Crippen LogP contribution < -0.4 is 15.8 Å². The Kier molecular flexibility index (Phi) is 4.78. The van der Waals surface area contributed by atoms with Crippen LogP contribution >= 0.6 is 0 Å². The van der Waals surface area contributed by atoms with Gasteiger partial charge in [0.05, 0.1) is 35.6 Å². The summed E-state index contributed by atoms with van der Waals surface area (Å²) >= 11 is 0. The average Bonchev–Trinajstić information content (AvgIpc) is 3.20. The van der Waals surface area contributed by atoms with Crippen LogP contribution in [0.15, 0.2) is 12.4 Å². The molecule has 5 unspecified atom stereocenters. The van der Waals surface area contributed by atoms with Gasteiger partial charge < -0.3 is 19.8 Å². The molecule has 29 heavy (non-hydrogen) atoms. The van der Waals surface area contributed by atoms with Crippen molar-refractivity contribution in [3.8, 4) is 0 Å². The molecule has 0 aromatic carbocycles. The lowest BCUT2D eigenvalue weighted by Crippen LogP contribution is -2.45. The summed E-state index contributed by atoms with van der Waals surface area (Å²) in [5.41, 5.74) is 7.23. The third kappa shape index (κ3) is 3.53. The molecule has 9 heteroatoms. The van der Waals surface area contributed by atoms with E-state index in [-0.39, 0.29) is 35.7 Å². The number of aromatic nitrogens is 2. The Labute approximate surface area is 169 Å². The number of aliphatic hydroxyl groups excluding tert-OH is 2. The summed E-state index contributed by atoms with van der Waals surface area (Å²) in [4.78, 5) is 10.7. The van der Waals surface area contributed by atoms with Crippen molar-refractivity contribution in [2.45, 2.75) is 87.7 Å². The molecule has 160 valence electrons. The highest BCUT2D eigenvalue weighted by Crippen LogP contribution is 2.45. The molecule has 2 saturated carbocycles. The normalized spacial score (nSPS) is 43.4. The molecule has 3 heterocycles. The molecule has 1 aromatic heterocycles. The Hall–Kier alpha value is -1.39. The second kappa shape index (κ2) is 7.09. The Bertz CT molecular complexity index is 765. The number of hydrogen-bond acceptors (Lipinski definition) is 8. The van der Waals surface area contributed by atoms with Gasteiger partial charge in [-0.1, -0.05) is 0 Å². The second-order valence-corrected chi connectivity index (χ2v) is 9.38. The largest absolute Gasteiger partial charge is 0.388 e. The molecular weight excluding hydrogens is 377 g/mol. The number of halogens is 1. The third-order valence-corrected chi connectivity index (χ3v) is 7.20. The lowest BCUT2D eigenvalue weighted by atomic mass is 9.78. The molecule has 0 bridgehead atoms. The Balaban J connectivity index is 1.34. The quantitative estimate of drug-likeness (QED) is 0.576. The van der Waals surface area contributed by atoms with Crippen molar-refractivity contribution in [1.29, 1.82) is 0 Å². The number of hydrogen-bond donors (Lipinski definition) is 4. The number of aliphatic hydroxyl groups is 2. The minimum Gasteiger partial charge on any atom is -0.388 e. The molecule has 0 amide bonds. The molecule has 4 aliphatic rings. The standard InChI is InChI=1S/C20H30FN5O3/c1-10-19(28)15(27)8-26(10)17-7-14(22-9-23-17)18-11-5-16(29-20(2)3-4-20)12(21)6-13(11)24-25-18/h7,9-13,15-16,18-19,24-25,27-28H,3-6,8H2,1-2H3/t10-,11?,12?,13?,15-,16?,18?,19-/m0/s1. The molecular formula is C20H30FN5O3. The number of anilines is 1. The van der Waals surface area contributed by atoms with Crippen LogP contribution in [0.3, 0.4) is 0 Å². The van der Waals surface area contributed by atoms with E-state index in [9.17, 15) is 14.6 Å². The topological polar surface area (TPSA) is 103 Å². The van der Waals surface area contributed by atoms with Crippen molar-refractivity contribution in [3.63, 3.8) is 0 Å². The number of alkyl halides is 1. The maximum atomic E-state index is 14.7. The fourth-order valence-electron chi connectivity index (χ4n) is 5.03. The first-order chi connectivity index (χ1) is 13.8. The number of rotatable bonds is 4. The van der Waals surface area contributed by atoms with E-state index in [1.807, 2.05) is 17.9 Å². The Morgan fingerprint density at radius 1 is 1.24 bits per heavy atom. The molecule has 0 radical (unpaired) electrons. The van der Waals surface area contributed by atoms with E-state index in [1.54, 1.807) is 0 Å². The van der Waals surface area contributed by atoms with Crippen molar-refractivity contribution >= 4 is 5.82 Å². The summed E-state index contributed by atoms with van der Waals surface area (Å²) in [7, 11) is 0. The highest BCUT2D eigenvalue weighted by atomic mass is 19.1. The first-order valence-electron chi connectivity index (χ1n) is 10.6. The Morgan fingerprint density at radius 3 is 2.72 bits per heavy atom. The van der Waals surface area contributed by atoms with E-state index in [0.717, 1.165) is 18.5 Å². The first-order valence-corrected chi connectivity index (χ1v) is 10.6. The molecule has 2 saturated heterocycles. The van der Waals surface area contributed by atoms with Crippen molar-refractivity contribution in [1.82, 2.24) is 20.8 Å². The molecule has 5 rings (SSSR count). The Morgan fingerprint density at radius 2 is 2.03 bits per heavy atom. The number of fused-ring (bicyclic) bond motifs is 1. The van der Waals surface area contributed by atoms with Gasteiger partial charge in [-0.2, -0.15) is 0 Å². The molecule has 8 atom stereocenters. The summed E-state index contributed by atoms with van der Waals surface area (Å²) in [5.74, 6) is 0.852. The zero-order chi connectivity index (χ0) is 20.3. The monoisotopic (exact) mass is 407 g/mol. The lowest BCUT2D eigenvalue weighted by molar-refractivity contribution is -0.0886. The average molecular weight is 407 g/mol. The smallest absolute Gasteiger partial charge is 0.132 e. The molecule has 4 N–H and O–H groups in total. The van der Waals surface area contributed by atoms with Gasteiger partial charge in [0.1, 0.15) is 24.4 Å². The van der Waals surface area contributed by atoms with Crippen LogP contribution in [0, 0.1) is 5.92 Å². The number of ether oxygens (including phenoxy) is 1. The van der Waals surface area contributed by atoms with Crippen molar-refractivity contribution in [3.05, 3.63) is 18.1 Å². The van der Waals surface area contributed by atoms with Crippen LogP contribution in [0.5, 0.6) is 0 Å². The summed E-state index contributed by atoms with van der Waals surface area (Å²) < 4.78 is 20.8. The van der Waals surface area contributed by atoms with Gasteiger partial charge in [-0.25, -0.2) is 19.8 Å². The first kappa shape index (κ1) is 19.6. The van der Waals surface area contributed by atoms with Gasteiger partial charge in [0.25, 0.3) is 0 Å². The zero-order valence-corrected chi connectivity index (χ0v) is 16.8. The van der Waals surface area contributed by atoms with E-state index >= 15 is 0 Å². The molecule has 0 spiro atoms. The molecule has 2 aliphatic heterocycles. The molecule has 1 aromatic rings. The third-order valence-electron chi connectivity index (χ3n) is 7.20. The molecule has 8 nitrogen and oxygen atoms in total. The second-order valence-electron chi connectivity index (χ2n) is 9.38. The molecule has 4 fully saturated rings. The lowest BCUT2D eigenvalue weighted by Gasteiger charge is -2.36. The molecule has 2 aliphatic carbocycles. The van der Waals surface area contributed by atoms with Gasteiger partial charge in [-0.05, 0) is 39.5 Å². The predicted molar refractivity (Wildman–Crippen MR) is 104 cm³/mol. The maximum Gasteiger partial charge on any atom is 0.132 e. The number of nitrogens with zero attached hydrogens (tertiary/aromatic N) is 3. The van der Waals surface area contributed by atoms with E-state index in [0.29, 0.717) is 25.2 Å². The number of nitrogens with one attached hydrogen (secondary N) is 2. The summed E-state index contributed by atoms with van der Waals surface area (Å²) in [6.45, 7) is 4.27. The fraction of sp³-hybridized carbons (Fsp3) is 0.800. The van der Waals surface area contributed by atoms with E-state index < -0.39 is 18.4 Å². The van der Waals surface area contributed by atoms with Crippen LogP contribution in [-0.2, 0) is 4.74 Å². The van der Waals surface area contributed by atoms with Gasteiger partial charge in [-0.3, -0.25) is 5.43 Å². The predicted octanol–water partition coefficient (Wildman–Crippen LogP) is 0.610. The van der Waals surface area contributed by atoms with Crippen molar-refractivity contribution in [2.75, 3.05) is 11.4 Å². The van der Waals surface area contributed by atoms with Crippen LogP contribution in [-0.4, -0.2) is 68.9 Å². The van der Waals surface area contributed by atoms with Crippen LogP contribution in [0.2, 0.25) is 0 Å². The highest BCUT2D eigenvalue weighted by Gasteiger charge is 2.50. The SMILES string of the molecule is C[C@H]1[C@H](O)[C@@H](O)CN1c1cc(C2NNC3CC(F)C(OC4(C)CC4)CC32)ncn1. The van der Waals surface area contributed by atoms with E-state index in [2.05, 4.69) is 27.7 Å². The van der Waals surface area contributed by atoms with Gasteiger partial charge in [-0.15, -0.1) is 0 Å². The summed E-state index contributed by atoms with van der Waals surface area (Å²) in [6, 6.07) is 1.65. The van der Waals surface area contributed by atoms with Gasteiger partial charge in [0.2, 0.25) is 0 Å². The zero-order valence-electron chi connectivity index (χ0n) is 16.8. The van der Waals surface area contributed by atoms with E-state index in [1.165, 1.54) is 6.33 Å². The summed E-state index contributed by atoms with van der Waals surface area (Å²) in [5, 5.41) is 20.1. The van der Waals surface area contributed by atoms with Crippen molar-refractivity contribution < 1.29 is 19.3 Å². The van der Waals surface area contributed by atoms with Crippen LogP contribution in [0.4, 0.5) is 10.2 Å². The number of β-amino-alcohol motifs (C(OH)–C–C–N with tert-alkyl or cyclic N) is 1. The minimum absolute atomic E-state index is 0.0367. The van der Waals surface area contributed by atoms with E-state index in [4.69, 9.17) is 4.74 Å². The van der Waals surface area contributed by atoms with Gasteiger partial charge in [0, 0.05) is 24.6 Å². The fourth-order valence-corrected chi connectivity index (χ4v) is 5.03. The van der Waals surface area contributed by atoms with Crippen LogP contribution in [0.25, 0.3) is 0 Å². The minimum atomic E-state index is -0.962. The highest BCUT2D eigenvalue weighted by molar-refractivity contribution is 5.43. The van der Waals surface area contributed by atoms with Crippen molar-refractivity contribution in [2.24, 2.45) is 5.92 Å². The van der Waals surface area contributed by atoms with Gasteiger partial charge >= 0.3 is 0 Å². The number of hydrazine groups is 1. The summed E-state index contributed by atoms with van der Waals surface area (Å²) in [6.07, 6.45) is 1.66. The van der Waals surface area contributed by atoms with Crippen LogP contribution in [0.1, 0.15) is 51.3 Å². The van der Waals surface area contributed by atoms with Gasteiger partial charge in [0.15, 0.2) is 0 Å². The maximum absolute atomic E-state index is 14.7.